The van der Waals surface area contributed by atoms with E-state index >= 15 is 0 Å². The van der Waals surface area contributed by atoms with Crippen molar-refractivity contribution in [2.45, 2.75) is 0 Å². The van der Waals surface area contributed by atoms with Crippen molar-refractivity contribution in [1.29, 1.82) is 0 Å². The number of rotatable bonds is 4. The van der Waals surface area contributed by atoms with E-state index in [0.29, 0.717) is 11.4 Å². The van der Waals surface area contributed by atoms with Crippen LogP contribution in [0.4, 0.5) is 5.82 Å². The first-order valence-corrected chi connectivity index (χ1v) is 9.28. The zero-order valence-electron chi connectivity index (χ0n) is 14.3. The predicted octanol–water partition coefficient (Wildman–Crippen LogP) is 5.55. The third kappa shape index (κ3) is 3.83. The lowest BCUT2D eigenvalue weighted by atomic mass is 10.1. The maximum atomic E-state index is 12.7. The average Bonchev–Trinajstić information content (AvgIpc) is 3.13. The van der Waals surface area contributed by atoms with Crippen LogP contribution >= 0.6 is 15.9 Å². The molecule has 0 aliphatic rings. The first-order valence-electron chi connectivity index (χ1n) is 8.48. The molecule has 1 aromatic heterocycles. The van der Waals surface area contributed by atoms with Crippen LogP contribution in [0.3, 0.4) is 0 Å². The fourth-order valence-electron chi connectivity index (χ4n) is 2.78. The lowest BCUT2D eigenvalue weighted by Gasteiger charge is -2.09. The maximum absolute atomic E-state index is 12.7. The number of nitrogens with zero attached hydrogens (tertiary/aromatic N) is 2. The molecule has 0 bridgehead atoms. The van der Waals surface area contributed by atoms with Crippen molar-refractivity contribution in [3.8, 4) is 16.9 Å². The zero-order valence-corrected chi connectivity index (χ0v) is 15.9. The van der Waals surface area contributed by atoms with Crippen LogP contribution in [0.2, 0.25) is 0 Å². The van der Waals surface area contributed by atoms with E-state index in [1.807, 2.05) is 78.9 Å². The van der Waals surface area contributed by atoms with Gasteiger partial charge in [-0.2, -0.15) is 5.10 Å². The van der Waals surface area contributed by atoms with Gasteiger partial charge in [-0.05, 0) is 36.4 Å². The van der Waals surface area contributed by atoms with Gasteiger partial charge in [0, 0.05) is 21.7 Å². The monoisotopic (exact) mass is 417 g/mol. The third-order valence-electron chi connectivity index (χ3n) is 4.13. The van der Waals surface area contributed by atoms with Crippen LogP contribution < -0.4 is 5.32 Å². The lowest BCUT2D eigenvalue weighted by Crippen LogP contribution is -2.15. The van der Waals surface area contributed by atoms with Crippen LogP contribution in [0.25, 0.3) is 16.9 Å². The van der Waals surface area contributed by atoms with Crippen molar-refractivity contribution in [2.24, 2.45) is 0 Å². The molecular weight excluding hydrogens is 402 g/mol. The SMILES string of the molecule is O=C(Nc1cc(-c2ccccc2)nn1-c1ccccc1)c1ccc(Br)cc1. The summed E-state index contributed by atoms with van der Waals surface area (Å²) in [6.45, 7) is 0. The molecule has 0 unspecified atom stereocenters. The molecule has 0 aliphatic carbocycles. The summed E-state index contributed by atoms with van der Waals surface area (Å²) in [5, 5.41) is 7.69. The minimum atomic E-state index is -0.181. The lowest BCUT2D eigenvalue weighted by molar-refractivity contribution is 0.102. The van der Waals surface area contributed by atoms with Crippen LogP contribution in [0.1, 0.15) is 10.4 Å². The summed E-state index contributed by atoms with van der Waals surface area (Å²) in [5.74, 6) is 0.437. The number of nitrogens with one attached hydrogen (secondary N) is 1. The van der Waals surface area contributed by atoms with Crippen molar-refractivity contribution >= 4 is 27.7 Å². The number of aromatic nitrogens is 2. The predicted molar refractivity (Wildman–Crippen MR) is 111 cm³/mol. The minimum Gasteiger partial charge on any atom is -0.306 e. The molecule has 1 N–H and O–H groups in total. The van der Waals surface area contributed by atoms with Crippen LogP contribution in [0.15, 0.2) is 95.5 Å². The molecule has 0 atom stereocenters. The van der Waals surface area contributed by atoms with Crippen molar-refractivity contribution in [1.82, 2.24) is 9.78 Å². The molecule has 27 heavy (non-hydrogen) atoms. The fourth-order valence-corrected chi connectivity index (χ4v) is 3.04. The molecule has 0 aliphatic heterocycles. The highest BCUT2D eigenvalue weighted by Gasteiger charge is 2.14. The van der Waals surface area contributed by atoms with E-state index in [0.717, 1.165) is 21.4 Å². The highest BCUT2D eigenvalue weighted by molar-refractivity contribution is 9.10. The molecule has 0 saturated carbocycles. The van der Waals surface area contributed by atoms with Crippen LogP contribution in [0, 0.1) is 0 Å². The molecule has 0 spiro atoms. The Labute approximate surface area is 165 Å². The Kier molecular flexibility index (Phi) is 4.85. The van der Waals surface area contributed by atoms with Gasteiger partial charge in [-0.1, -0.05) is 64.5 Å². The van der Waals surface area contributed by atoms with E-state index in [-0.39, 0.29) is 5.91 Å². The molecule has 1 amide bonds. The Bertz CT molecular complexity index is 1060. The zero-order chi connectivity index (χ0) is 18.6. The van der Waals surface area contributed by atoms with E-state index in [9.17, 15) is 4.79 Å². The van der Waals surface area contributed by atoms with Crippen molar-refractivity contribution in [3.63, 3.8) is 0 Å². The number of carbonyl (C=O) groups excluding carboxylic acids is 1. The summed E-state index contributed by atoms with van der Waals surface area (Å²) >= 11 is 3.39. The Morgan fingerprint density at radius 1 is 0.852 bits per heavy atom. The number of para-hydroxylation sites is 1. The standard InChI is InChI=1S/C22H16BrN3O/c23-18-13-11-17(12-14-18)22(27)24-21-15-20(16-7-3-1-4-8-16)25-26(21)19-9-5-2-6-10-19/h1-15H,(H,24,27). The highest BCUT2D eigenvalue weighted by Crippen LogP contribution is 2.25. The molecule has 0 fully saturated rings. The fraction of sp³-hybridized carbons (Fsp3) is 0. The van der Waals surface area contributed by atoms with Crippen LogP contribution in [-0.2, 0) is 0 Å². The number of hydrogen-bond acceptors (Lipinski definition) is 2. The minimum absolute atomic E-state index is 0.181. The summed E-state index contributed by atoms with van der Waals surface area (Å²) in [5.41, 5.74) is 3.25. The van der Waals surface area contributed by atoms with Crippen molar-refractivity contribution < 1.29 is 4.79 Å². The molecule has 1 heterocycles. The Morgan fingerprint density at radius 3 is 2.15 bits per heavy atom. The van der Waals surface area contributed by atoms with Gasteiger partial charge in [0.05, 0.1) is 11.4 Å². The summed E-state index contributed by atoms with van der Waals surface area (Å²) in [6, 6.07) is 28.8. The maximum Gasteiger partial charge on any atom is 0.256 e. The third-order valence-corrected chi connectivity index (χ3v) is 4.66. The molecule has 4 nitrogen and oxygen atoms in total. The van der Waals surface area contributed by atoms with Gasteiger partial charge in [0.15, 0.2) is 0 Å². The quantitative estimate of drug-likeness (QED) is 0.472. The molecule has 4 rings (SSSR count). The van der Waals surface area contributed by atoms with Crippen LogP contribution in [0.5, 0.6) is 0 Å². The Balaban J connectivity index is 1.73. The molecule has 0 radical (unpaired) electrons. The number of halogens is 1. The number of carbonyl (C=O) groups is 1. The summed E-state index contributed by atoms with van der Waals surface area (Å²) < 4.78 is 2.68. The van der Waals surface area contributed by atoms with Gasteiger partial charge >= 0.3 is 0 Å². The molecule has 3 aromatic carbocycles. The Hall–Kier alpha value is -3.18. The molecule has 5 heteroatoms. The van der Waals surface area contributed by atoms with Crippen molar-refractivity contribution in [3.05, 3.63) is 101 Å². The van der Waals surface area contributed by atoms with Gasteiger partial charge < -0.3 is 5.32 Å². The largest absolute Gasteiger partial charge is 0.306 e. The average molecular weight is 418 g/mol. The van der Waals surface area contributed by atoms with Gasteiger partial charge in [-0.15, -0.1) is 0 Å². The summed E-state index contributed by atoms with van der Waals surface area (Å²) in [6.07, 6.45) is 0. The van der Waals surface area contributed by atoms with E-state index in [2.05, 4.69) is 21.2 Å². The van der Waals surface area contributed by atoms with Gasteiger partial charge in [0.1, 0.15) is 5.82 Å². The van der Waals surface area contributed by atoms with Gasteiger partial charge in [0.2, 0.25) is 0 Å². The van der Waals surface area contributed by atoms with Gasteiger partial charge in [-0.25, -0.2) is 4.68 Å². The number of hydrogen-bond donors (Lipinski definition) is 1. The molecular formula is C22H16BrN3O. The normalized spacial score (nSPS) is 10.6. The molecule has 0 saturated heterocycles. The highest BCUT2D eigenvalue weighted by atomic mass is 79.9. The molecule has 4 aromatic rings. The van der Waals surface area contributed by atoms with Crippen LogP contribution in [-0.4, -0.2) is 15.7 Å². The first-order chi connectivity index (χ1) is 13.2. The summed E-state index contributed by atoms with van der Waals surface area (Å²) in [7, 11) is 0. The second kappa shape index (κ2) is 7.60. The van der Waals surface area contributed by atoms with Gasteiger partial charge in [0.25, 0.3) is 5.91 Å². The second-order valence-electron chi connectivity index (χ2n) is 5.99. The van der Waals surface area contributed by atoms with Crippen molar-refractivity contribution in [2.75, 3.05) is 5.32 Å². The number of amides is 1. The smallest absolute Gasteiger partial charge is 0.256 e. The second-order valence-corrected chi connectivity index (χ2v) is 6.90. The van der Waals surface area contributed by atoms with E-state index in [4.69, 9.17) is 5.10 Å². The number of anilines is 1. The Morgan fingerprint density at radius 2 is 1.48 bits per heavy atom. The van der Waals surface area contributed by atoms with E-state index in [1.54, 1.807) is 16.8 Å². The van der Waals surface area contributed by atoms with Gasteiger partial charge in [-0.3, -0.25) is 4.79 Å². The first kappa shape index (κ1) is 17.2. The topological polar surface area (TPSA) is 46.9 Å². The van der Waals surface area contributed by atoms with E-state index < -0.39 is 0 Å². The van der Waals surface area contributed by atoms with E-state index in [1.165, 1.54) is 0 Å². The number of benzene rings is 3. The summed E-state index contributed by atoms with van der Waals surface area (Å²) in [4.78, 5) is 12.7. The molecule has 132 valence electrons.